The molecule has 0 radical (unpaired) electrons. The summed E-state index contributed by atoms with van der Waals surface area (Å²) in [6.45, 7) is 4.68. The van der Waals surface area contributed by atoms with Crippen molar-refractivity contribution in [3.63, 3.8) is 0 Å². The number of nitrogens with one attached hydrogen (secondary N) is 1. The van der Waals surface area contributed by atoms with E-state index < -0.39 is 0 Å². The smallest absolute Gasteiger partial charge is 0.00979 e. The summed E-state index contributed by atoms with van der Waals surface area (Å²) in [7, 11) is 0. The van der Waals surface area contributed by atoms with E-state index in [1.54, 1.807) is 0 Å². The van der Waals surface area contributed by atoms with E-state index in [0.29, 0.717) is 0 Å². The zero-order valence-electron chi connectivity index (χ0n) is 9.76. The molecule has 1 nitrogen and oxygen atoms in total. The third-order valence-electron chi connectivity index (χ3n) is 4.00. The Hall–Kier alpha value is -0.0400. The summed E-state index contributed by atoms with van der Waals surface area (Å²) in [5.41, 5.74) is 0. The molecule has 1 heteroatoms. The van der Waals surface area contributed by atoms with Crippen molar-refractivity contribution in [2.75, 3.05) is 0 Å². The van der Waals surface area contributed by atoms with Crippen molar-refractivity contribution in [1.29, 1.82) is 0 Å². The first kappa shape index (κ1) is 10.5. The minimum atomic E-state index is 0.828. The van der Waals surface area contributed by atoms with Gasteiger partial charge in [0.25, 0.3) is 0 Å². The van der Waals surface area contributed by atoms with Gasteiger partial charge in [0, 0.05) is 12.1 Å². The first-order valence-electron chi connectivity index (χ1n) is 6.51. The van der Waals surface area contributed by atoms with Gasteiger partial charge in [0.2, 0.25) is 0 Å². The van der Waals surface area contributed by atoms with E-state index in [4.69, 9.17) is 0 Å². The standard InChI is InChI=1S/C13H25N/c1-10(2)9-12-8-7-11-5-3-4-6-13(11)14-12/h10-14H,3-9H2,1-2H3. The van der Waals surface area contributed by atoms with Gasteiger partial charge in [-0.15, -0.1) is 0 Å². The van der Waals surface area contributed by atoms with E-state index in [9.17, 15) is 0 Å². The zero-order valence-corrected chi connectivity index (χ0v) is 9.76. The lowest BCUT2D eigenvalue weighted by Gasteiger charge is -2.41. The molecule has 82 valence electrons. The molecule has 2 rings (SSSR count). The van der Waals surface area contributed by atoms with Gasteiger partial charge in [-0.05, 0) is 43.9 Å². The summed E-state index contributed by atoms with van der Waals surface area (Å²) < 4.78 is 0. The summed E-state index contributed by atoms with van der Waals surface area (Å²) in [5, 5.41) is 3.89. The molecule has 3 unspecified atom stereocenters. The van der Waals surface area contributed by atoms with Crippen LogP contribution >= 0.6 is 0 Å². The Morgan fingerprint density at radius 1 is 1.07 bits per heavy atom. The average molecular weight is 195 g/mol. The van der Waals surface area contributed by atoms with Crippen molar-refractivity contribution in [1.82, 2.24) is 5.32 Å². The molecule has 2 fully saturated rings. The number of rotatable bonds is 2. The second-order valence-corrected chi connectivity index (χ2v) is 5.72. The van der Waals surface area contributed by atoms with Gasteiger partial charge in [0.05, 0.1) is 0 Å². The average Bonchev–Trinajstić information content (AvgIpc) is 2.17. The molecule has 0 aromatic heterocycles. The summed E-state index contributed by atoms with van der Waals surface area (Å²) in [5.74, 6) is 1.87. The van der Waals surface area contributed by atoms with Gasteiger partial charge >= 0.3 is 0 Å². The number of piperidine rings is 1. The first-order chi connectivity index (χ1) is 6.75. The Morgan fingerprint density at radius 3 is 2.64 bits per heavy atom. The van der Waals surface area contributed by atoms with E-state index in [2.05, 4.69) is 19.2 Å². The van der Waals surface area contributed by atoms with Gasteiger partial charge in [-0.2, -0.15) is 0 Å². The molecule has 1 N–H and O–H groups in total. The Labute approximate surface area is 88.7 Å². The molecule has 0 aromatic carbocycles. The van der Waals surface area contributed by atoms with Crippen LogP contribution in [0.3, 0.4) is 0 Å². The highest BCUT2D eigenvalue weighted by atomic mass is 15.0. The van der Waals surface area contributed by atoms with E-state index in [1.807, 2.05) is 0 Å². The van der Waals surface area contributed by atoms with Crippen LogP contribution < -0.4 is 5.32 Å². The van der Waals surface area contributed by atoms with Crippen molar-refractivity contribution >= 4 is 0 Å². The normalized spacial score (nSPS) is 38.4. The zero-order chi connectivity index (χ0) is 9.97. The van der Waals surface area contributed by atoms with Gasteiger partial charge in [-0.1, -0.05) is 26.7 Å². The highest BCUT2D eigenvalue weighted by molar-refractivity contribution is 4.89. The maximum atomic E-state index is 3.89. The Morgan fingerprint density at radius 2 is 1.86 bits per heavy atom. The van der Waals surface area contributed by atoms with Crippen LogP contribution in [0.25, 0.3) is 0 Å². The summed E-state index contributed by atoms with van der Waals surface area (Å²) >= 11 is 0. The van der Waals surface area contributed by atoms with Crippen LogP contribution in [-0.4, -0.2) is 12.1 Å². The molecule has 2 aliphatic rings. The van der Waals surface area contributed by atoms with Crippen LogP contribution in [0.5, 0.6) is 0 Å². The lowest BCUT2D eigenvalue weighted by molar-refractivity contribution is 0.165. The van der Waals surface area contributed by atoms with Crippen molar-refractivity contribution in [2.45, 2.75) is 70.9 Å². The van der Waals surface area contributed by atoms with Crippen molar-refractivity contribution in [2.24, 2.45) is 11.8 Å². The number of hydrogen-bond acceptors (Lipinski definition) is 1. The van der Waals surface area contributed by atoms with E-state index >= 15 is 0 Å². The predicted octanol–water partition coefficient (Wildman–Crippen LogP) is 3.34. The van der Waals surface area contributed by atoms with Crippen LogP contribution in [0.4, 0.5) is 0 Å². The highest BCUT2D eigenvalue weighted by Gasteiger charge is 2.31. The summed E-state index contributed by atoms with van der Waals surface area (Å²) in [6.07, 6.45) is 10.2. The van der Waals surface area contributed by atoms with Crippen LogP contribution in [0.2, 0.25) is 0 Å². The van der Waals surface area contributed by atoms with Gasteiger partial charge in [-0.3, -0.25) is 0 Å². The number of fused-ring (bicyclic) bond motifs is 1. The summed E-state index contributed by atoms with van der Waals surface area (Å²) in [4.78, 5) is 0. The molecule has 14 heavy (non-hydrogen) atoms. The quantitative estimate of drug-likeness (QED) is 0.712. The minimum Gasteiger partial charge on any atom is -0.311 e. The molecule has 1 heterocycles. The Balaban J connectivity index is 1.83. The minimum absolute atomic E-state index is 0.828. The largest absolute Gasteiger partial charge is 0.311 e. The van der Waals surface area contributed by atoms with Crippen molar-refractivity contribution in [3.8, 4) is 0 Å². The van der Waals surface area contributed by atoms with Crippen LogP contribution in [-0.2, 0) is 0 Å². The molecule has 3 atom stereocenters. The van der Waals surface area contributed by atoms with Gasteiger partial charge in [-0.25, -0.2) is 0 Å². The SMILES string of the molecule is CC(C)CC1CCC2CCCCC2N1. The predicted molar refractivity (Wildman–Crippen MR) is 61.4 cm³/mol. The van der Waals surface area contributed by atoms with E-state index in [-0.39, 0.29) is 0 Å². The molecule has 1 aliphatic carbocycles. The maximum absolute atomic E-state index is 3.89. The fraction of sp³-hybridized carbons (Fsp3) is 1.00. The van der Waals surface area contributed by atoms with E-state index in [1.165, 1.54) is 44.9 Å². The van der Waals surface area contributed by atoms with Gasteiger partial charge in [0.1, 0.15) is 0 Å². The Bertz CT molecular complexity index is 176. The molecule has 1 saturated carbocycles. The molecule has 0 spiro atoms. The van der Waals surface area contributed by atoms with Crippen LogP contribution in [0.15, 0.2) is 0 Å². The number of hydrogen-bond donors (Lipinski definition) is 1. The fourth-order valence-electron chi connectivity index (χ4n) is 3.33. The first-order valence-corrected chi connectivity index (χ1v) is 6.51. The Kier molecular flexibility index (Phi) is 3.48. The second kappa shape index (κ2) is 4.65. The lowest BCUT2D eigenvalue weighted by Crippen LogP contribution is -2.49. The topological polar surface area (TPSA) is 12.0 Å². The third-order valence-corrected chi connectivity index (χ3v) is 4.00. The van der Waals surface area contributed by atoms with E-state index in [0.717, 1.165) is 23.9 Å². The molecular weight excluding hydrogens is 170 g/mol. The molecule has 0 aromatic rings. The molecule has 0 amide bonds. The maximum Gasteiger partial charge on any atom is 0.00979 e. The fourth-order valence-corrected chi connectivity index (χ4v) is 3.33. The third kappa shape index (κ3) is 2.50. The van der Waals surface area contributed by atoms with Crippen LogP contribution in [0, 0.1) is 11.8 Å². The van der Waals surface area contributed by atoms with Crippen molar-refractivity contribution < 1.29 is 0 Å². The summed E-state index contributed by atoms with van der Waals surface area (Å²) in [6, 6.07) is 1.70. The van der Waals surface area contributed by atoms with Gasteiger partial charge < -0.3 is 5.32 Å². The van der Waals surface area contributed by atoms with Crippen LogP contribution in [0.1, 0.15) is 58.8 Å². The molecule has 1 aliphatic heterocycles. The van der Waals surface area contributed by atoms with Crippen molar-refractivity contribution in [3.05, 3.63) is 0 Å². The molecule has 0 bridgehead atoms. The lowest BCUT2D eigenvalue weighted by atomic mass is 9.77. The second-order valence-electron chi connectivity index (χ2n) is 5.72. The molecular formula is C13H25N. The molecule has 1 saturated heterocycles. The highest BCUT2D eigenvalue weighted by Crippen LogP contribution is 2.33. The van der Waals surface area contributed by atoms with Gasteiger partial charge in [0.15, 0.2) is 0 Å². The monoisotopic (exact) mass is 195 g/mol.